The first-order valence-corrected chi connectivity index (χ1v) is 9.95. The summed E-state index contributed by atoms with van der Waals surface area (Å²) in [5.41, 5.74) is 3.02. The van der Waals surface area contributed by atoms with Gasteiger partial charge >= 0.3 is 0 Å². The van der Waals surface area contributed by atoms with Crippen LogP contribution in [0.5, 0.6) is 5.75 Å². The molecule has 1 aliphatic rings. The first-order chi connectivity index (χ1) is 13.6. The van der Waals surface area contributed by atoms with E-state index < -0.39 is 0 Å². The van der Waals surface area contributed by atoms with Gasteiger partial charge in [0.15, 0.2) is 0 Å². The highest BCUT2D eigenvalue weighted by molar-refractivity contribution is 5.58. The molecule has 2 N–H and O–H groups in total. The molecule has 0 atom stereocenters. The summed E-state index contributed by atoms with van der Waals surface area (Å²) in [7, 11) is 5.74. The summed E-state index contributed by atoms with van der Waals surface area (Å²) in [5.74, 6) is 2.29. The van der Waals surface area contributed by atoms with Crippen LogP contribution < -0.4 is 15.4 Å². The molecule has 2 heterocycles. The van der Waals surface area contributed by atoms with Crippen molar-refractivity contribution in [1.82, 2.24) is 19.8 Å². The van der Waals surface area contributed by atoms with Gasteiger partial charge < -0.3 is 25.2 Å². The SMILES string of the molecule is CNc1cc(C)nc(Nc2ccc(OC)c(CN(C)CCN3CCCC3)c2)n1. The minimum atomic E-state index is 0.586. The van der Waals surface area contributed by atoms with Gasteiger partial charge in [-0.05, 0) is 58.1 Å². The predicted octanol–water partition coefficient (Wildman–Crippen LogP) is 3.11. The monoisotopic (exact) mass is 384 g/mol. The zero-order chi connectivity index (χ0) is 19.9. The third-order valence-corrected chi connectivity index (χ3v) is 5.08. The lowest BCUT2D eigenvalue weighted by atomic mass is 10.1. The Morgan fingerprint density at radius 3 is 2.68 bits per heavy atom. The summed E-state index contributed by atoms with van der Waals surface area (Å²) in [6.07, 6.45) is 2.67. The molecule has 1 aliphatic heterocycles. The number of rotatable bonds is 9. The van der Waals surface area contributed by atoms with Crippen LogP contribution >= 0.6 is 0 Å². The molecule has 152 valence electrons. The van der Waals surface area contributed by atoms with Gasteiger partial charge in [-0.1, -0.05) is 0 Å². The molecular formula is C21H32N6O. The molecule has 1 aromatic carbocycles. The Kier molecular flexibility index (Phi) is 7.06. The summed E-state index contributed by atoms with van der Waals surface area (Å²) in [5, 5.41) is 6.38. The molecule has 7 nitrogen and oxygen atoms in total. The fourth-order valence-electron chi connectivity index (χ4n) is 3.55. The smallest absolute Gasteiger partial charge is 0.229 e. The number of anilines is 3. The van der Waals surface area contributed by atoms with Gasteiger partial charge in [-0.2, -0.15) is 4.98 Å². The molecule has 0 spiro atoms. The van der Waals surface area contributed by atoms with Crippen molar-refractivity contribution in [3.05, 3.63) is 35.5 Å². The molecule has 7 heteroatoms. The second-order valence-electron chi connectivity index (χ2n) is 7.41. The molecule has 1 aromatic heterocycles. The van der Waals surface area contributed by atoms with Crippen molar-refractivity contribution < 1.29 is 4.74 Å². The number of hydrogen-bond donors (Lipinski definition) is 2. The number of aryl methyl sites for hydroxylation is 1. The van der Waals surface area contributed by atoms with Gasteiger partial charge in [0, 0.05) is 49.7 Å². The van der Waals surface area contributed by atoms with Crippen molar-refractivity contribution in [3.8, 4) is 5.75 Å². The fourth-order valence-corrected chi connectivity index (χ4v) is 3.55. The molecule has 0 amide bonds. The minimum Gasteiger partial charge on any atom is -0.496 e. The maximum atomic E-state index is 5.58. The van der Waals surface area contributed by atoms with Gasteiger partial charge in [-0.3, -0.25) is 0 Å². The summed E-state index contributed by atoms with van der Waals surface area (Å²) in [6, 6.07) is 8.04. The Morgan fingerprint density at radius 2 is 1.96 bits per heavy atom. The quantitative estimate of drug-likeness (QED) is 0.689. The van der Waals surface area contributed by atoms with E-state index in [1.807, 2.05) is 32.2 Å². The van der Waals surface area contributed by atoms with Crippen molar-refractivity contribution in [1.29, 1.82) is 0 Å². The molecule has 0 aliphatic carbocycles. The van der Waals surface area contributed by atoms with E-state index in [-0.39, 0.29) is 0 Å². The average molecular weight is 385 g/mol. The highest BCUT2D eigenvalue weighted by Crippen LogP contribution is 2.25. The zero-order valence-corrected chi connectivity index (χ0v) is 17.5. The van der Waals surface area contributed by atoms with E-state index in [0.29, 0.717) is 5.95 Å². The van der Waals surface area contributed by atoms with Crippen LogP contribution in [0.2, 0.25) is 0 Å². The number of methoxy groups -OCH3 is 1. The van der Waals surface area contributed by atoms with Crippen LogP contribution in [0.4, 0.5) is 17.5 Å². The standard InChI is InChI=1S/C21H32N6O/c1-16-13-20(22-2)25-21(23-16)24-18-7-8-19(28-4)17(14-18)15-26(3)11-12-27-9-5-6-10-27/h7-8,13-14H,5-6,9-12,15H2,1-4H3,(H2,22,23,24,25). The number of likely N-dealkylation sites (tertiary alicyclic amines) is 1. The number of benzene rings is 1. The minimum absolute atomic E-state index is 0.586. The van der Waals surface area contributed by atoms with Crippen molar-refractivity contribution in [2.75, 3.05) is 58.0 Å². The summed E-state index contributed by atoms with van der Waals surface area (Å²) >= 11 is 0. The molecule has 28 heavy (non-hydrogen) atoms. The zero-order valence-electron chi connectivity index (χ0n) is 17.5. The summed E-state index contributed by atoms with van der Waals surface area (Å²) < 4.78 is 5.58. The van der Waals surface area contributed by atoms with Crippen molar-refractivity contribution in [2.45, 2.75) is 26.3 Å². The average Bonchev–Trinajstić information content (AvgIpc) is 3.20. The van der Waals surface area contributed by atoms with Crippen LogP contribution in [0, 0.1) is 6.92 Å². The number of ether oxygens (including phenoxy) is 1. The van der Waals surface area contributed by atoms with Crippen LogP contribution in [0.3, 0.4) is 0 Å². The van der Waals surface area contributed by atoms with Crippen LogP contribution in [-0.2, 0) is 6.54 Å². The molecule has 3 rings (SSSR count). The highest BCUT2D eigenvalue weighted by atomic mass is 16.5. The molecule has 0 radical (unpaired) electrons. The topological polar surface area (TPSA) is 65.6 Å². The Morgan fingerprint density at radius 1 is 1.18 bits per heavy atom. The number of nitrogens with zero attached hydrogens (tertiary/aromatic N) is 4. The molecule has 0 saturated carbocycles. The maximum Gasteiger partial charge on any atom is 0.229 e. The Labute approximate surface area is 168 Å². The van der Waals surface area contributed by atoms with E-state index >= 15 is 0 Å². The van der Waals surface area contributed by atoms with E-state index in [2.05, 4.69) is 43.5 Å². The lowest BCUT2D eigenvalue weighted by Gasteiger charge is -2.22. The van der Waals surface area contributed by atoms with E-state index in [0.717, 1.165) is 48.1 Å². The fraction of sp³-hybridized carbons (Fsp3) is 0.524. The van der Waals surface area contributed by atoms with E-state index in [1.54, 1.807) is 7.11 Å². The molecule has 1 fully saturated rings. The van der Waals surface area contributed by atoms with Gasteiger partial charge in [0.05, 0.1) is 7.11 Å². The first kappa shape index (κ1) is 20.4. The molecular weight excluding hydrogens is 352 g/mol. The van der Waals surface area contributed by atoms with E-state index in [4.69, 9.17) is 4.74 Å². The van der Waals surface area contributed by atoms with Crippen molar-refractivity contribution in [2.24, 2.45) is 0 Å². The third-order valence-electron chi connectivity index (χ3n) is 5.08. The van der Waals surface area contributed by atoms with E-state index in [1.165, 1.54) is 25.9 Å². The van der Waals surface area contributed by atoms with Crippen molar-refractivity contribution in [3.63, 3.8) is 0 Å². The lowest BCUT2D eigenvalue weighted by molar-refractivity contribution is 0.250. The van der Waals surface area contributed by atoms with Gasteiger partial charge in [0.25, 0.3) is 0 Å². The van der Waals surface area contributed by atoms with Gasteiger partial charge in [0.1, 0.15) is 11.6 Å². The van der Waals surface area contributed by atoms with Gasteiger partial charge in [0.2, 0.25) is 5.95 Å². The number of nitrogens with one attached hydrogen (secondary N) is 2. The Bertz CT molecular complexity index is 775. The van der Waals surface area contributed by atoms with Gasteiger partial charge in [-0.25, -0.2) is 4.98 Å². The Hall–Kier alpha value is -2.38. The predicted molar refractivity (Wildman–Crippen MR) is 115 cm³/mol. The summed E-state index contributed by atoms with van der Waals surface area (Å²) in [4.78, 5) is 13.8. The van der Waals surface area contributed by atoms with Crippen molar-refractivity contribution >= 4 is 17.5 Å². The van der Waals surface area contributed by atoms with Gasteiger partial charge in [-0.15, -0.1) is 0 Å². The second kappa shape index (κ2) is 9.71. The molecule has 2 aromatic rings. The third kappa shape index (κ3) is 5.56. The largest absolute Gasteiger partial charge is 0.496 e. The molecule has 0 unspecified atom stereocenters. The second-order valence-corrected chi connectivity index (χ2v) is 7.41. The van der Waals surface area contributed by atoms with Crippen LogP contribution in [0.15, 0.2) is 24.3 Å². The molecule has 1 saturated heterocycles. The number of hydrogen-bond acceptors (Lipinski definition) is 7. The van der Waals surface area contributed by atoms with E-state index in [9.17, 15) is 0 Å². The highest BCUT2D eigenvalue weighted by Gasteiger charge is 2.13. The number of likely N-dealkylation sites (N-methyl/N-ethyl adjacent to an activating group) is 1. The first-order valence-electron chi connectivity index (χ1n) is 9.95. The summed E-state index contributed by atoms with van der Waals surface area (Å²) in [6.45, 7) is 7.45. The lowest BCUT2D eigenvalue weighted by Crippen LogP contribution is -2.31. The van der Waals surface area contributed by atoms with Crippen LogP contribution in [0.25, 0.3) is 0 Å². The van der Waals surface area contributed by atoms with Crippen LogP contribution in [-0.4, -0.2) is 67.2 Å². The van der Waals surface area contributed by atoms with Crippen LogP contribution in [0.1, 0.15) is 24.1 Å². The Balaban J connectivity index is 1.68. The number of aromatic nitrogens is 2. The maximum absolute atomic E-state index is 5.58. The normalized spacial score (nSPS) is 14.5. The molecule has 0 bridgehead atoms.